The molecule has 0 unspecified atom stereocenters. The van der Waals surface area contributed by atoms with E-state index in [1.807, 2.05) is 6.07 Å². The van der Waals surface area contributed by atoms with Crippen LogP contribution in [-0.4, -0.2) is 32.0 Å². The molecule has 0 saturated carbocycles. The summed E-state index contributed by atoms with van der Waals surface area (Å²) in [5.74, 6) is 0.874. The number of benzene rings is 2. The molecule has 8 nitrogen and oxygen atoms in total. The summed E-state index contributed by atoms with van der Waals surface area (Å²) in [5, 5.41) is 0.659. The van der Waals surface area contributed by atoms with Gasteiger partial charge in [-0.15, -0.1) is 0 Å². The lowest BCUT2D eigenvalue weighted by Crippen LogP contribution is -2.28. The summed E-state index contributed by atoms with van der Waals surface area (Å²) < 4.78 is 27.6. The molecule has 1 N–H and O–H groups in total. The smallest absolute Gasteiger partial charge is 0.312 e. The number of aromatic amines is 1. The number of para-hydroxylation sites is 1. The molecular formula is C21H17NO7. The lowest BCUT2D eigenvalue weighted by atomic mass is 9.85. The highest BCUT2D eigenvalue weighted by atomic mass is 16.7. The normalized spacial score (nSPS) is 17.0. The third-order valence-corrected chi connectivity index (χ3v) is 5.23. The van der Waals surface area contributed by atoms with Gasteiger partial charge in [0.1, 0.15) is 5.75 Å². The molecule has 3 heterocycles. The summed E-state index contributed by atoms with van der Waals surface area (Å²) in [4.78, 5) is 28.3. The fourth-order valence-electron chi connectivity index (χ4n) is 4.01. The molecule has 0 radical (unpaired) electrons. The van der Waals surface area contributed by atoms with Crippen LogP contribution in [0.5, 0.6) is 28.7 Å². The van der Waals surface area contributed by atoms with Gasteiger partial charge >= 0.3 is 5.97 Å². The Kier molecular flexibility index (Phi) is 3.87. The molecule has 0 aliphatic carbocycles. The van der Waals surface area contributed by atoms with E-state index in [1.54, 1.807) is 24.3 Å². The number of ether oxygens (including phenoxy) is 5. The van der Waals surface area contributed by atoms with Crippen molar-refractivity contribution in [1.29, 1.82) is 0 Å². The SMILES string of the molecule is COc1c([C@H]2CC(=O)Oc3c2c(=O)[nH]c2ccccc32)cc2c(c1OC)OCO2. The number of H-pyrrole nitrogens is 1. The number of methoxy groups -OCH3 is 2. The maximum absolute atomic E-state index is 13.0. The molecule has 8 heteroatoms. The lowest BCUT2D eigenvalue weighted by molar-refractivity contribution is -0.135. The highest BCUT2D eigenvalue weighted by Crippen LogP contribution is 2.53. The molecule has 0 spiro atoms. The van der Waals surface area contributed by atoms with Gasteiger partial charge in [-0.1, -0.05) is 12.1 Å². The number of esters is 1. The molecule has 1 aromatic heterocycles. The van der Waals surface area contributed by atoms with Gasteiger partial charge in [0.15, 0.2) is 11.5 Å². The Morgan fingerprint density at radius 2 is 1.83 bits per heavy atom. The molecule has 29 heavy (non-hydrogen) atoms. The van der Waals surface area contributed by atoms with Crippen LogP contribution in [0.25, 0.3) is 10.9 Å². The maximum atomic E-state index is 13.0. The standard InChI is InChI=1S/C21H17NO7/c1-25-18-12(7-14-19(20(18)26-2)28-9-27-14)11-8-15(23)29-17-10-5-3-4-6-13(10)22-21(24)16(11)17/h3-7,11H,8-9H2,1-2H3,(H,22,24)/t11-/m1/s1. The fourth-order valence-corrected chi connectivity index (χ4v) is 4.01. The van der Waals surface area contributed by atoms with Crippen molar-refractivity contribution >= 4 is 16.9 Å². The number of rotatable bonds is 3. The minimum Gasteiger partial charge on any atom is -0.492 e. The monoisotopic (exact) mass is 395 g/mol. The minimum atomic E-state index is -0.599. The van der Waals surface area contributed by atoms with Crippen LogP contribution in [0.2, 0.25) is 0 Å². The Morgan fingerprint density at radius 1 is 1.03 bits per heavy atom. The molecule has 148 valence electrons. The topological polar surface area (TPSA) is 96.1 Å². The number of fused-ring (bicyclic) bond motifs is 4. The van der Waals surface area contributed by atoms with Crippen LogP contribution in [0, 0.1) is 0 Å². The van der Waals surface area contributed by atoms with Crippen molar-refractivity contribution < 1.29 is 28.5 Å². The third-order valence-electron chi connectivity index (χ3n) is 5.23. The van der Waals surface area contributed by atoms with Crippen LogP contribution < -0.4 is 29.2 Å². The Bertz CT molecular complexity index is 1210. The number of hydrogen-bond donors (Lipinski definition) is 1. The van der Waals surface area contributed by atoms with Crippen molar-refractivity contribution in [2.24, 2.45) is 0 Å². The third kappa shape index (κ3) is 2.52. The minimum absolute atomic E-state index is 0.0203. The molecule has 5 rings (SSSR count). The predicted octanol–water partition coefficient (Wildman–Crippen LogP) is 2.72. The highest BCUT2D eigenvalue weighted by molar-refractivity contribution is 5.91. The summed E-state index contributed by atoms with van der Waals surface area (Å²) in [6.45, 7) is 0.0484. The number of pyridine rings is 1. The number of carbonyl (C=O) groups excluding carboxylic acids is 1. The molecule has 0 saturated heterocycles. The molecule has 2 aliphatic rings. The second kappa shape index (κ2) is 6.44. The molecule has 2 aliphatic heterocycles. The van der Waals surface area contributed by atoms with E-state index in [1.165, 1.54) is 14.2 Å². The summed E-state index contributed by atoms with van der Waals surface area (Å²) >= 11 is 0. The van der Waals surface area contributed by atoms with Gasteiger partial charge in [-0.05, 0) is 18.2 Å². The molecule has 3 aromatic rings. The highest BCUT2D eigenvalue weighted by Gasteiger charge is 2.37. The zero-order valence-electron chi connectivity index (χ0n) is 15.7. The van der Waals surface area contributed by atoms with Crippen molar-refractivity contribution in [3.63, 3.8) is 0 Å². The second-order valence-electron chi connectivity index (χ2n) is 6.74. The van der Waals surface area contributed by atoms with E-state index in [-0.39, 0.29) is 24.5 Å². The molecule has 2 aromatic carbocycles. The van der Waals surface area contributed by atoms with Crippen molar-refractivity contribution in [2.75, 3.05) is 21.0 Å². The number of nitrogens with one attached hydrogen (secondary N) is 1. The Labute approximate surface area is 164 Å². The summed E-state index contributed by atoms with van der Waals surface area (Å²) in [6, 6.07) is 8.92. The van der Waals surface area contributed by atoms with Crippen LogP contribution in [0.4, 0.5) is 0 Å². The average molecular weight is 395 g/mol. The van der Waals surface area contributed by atoms with E-state index < -0.39 is 11.9 Å². The van der Waals surface area contributed by atoms with E-state index >= 15 is 0 Å². The van der Waals surface area contributed by atoms with Gasteiger partial charge in [0.05, 0.1) is 31.7 Å². The molecule has 0 amide bonds. The van der Waals surface area contributed by atoms with E-state index in [0.717, 1.165) is 0 Å². The molecule has 1 atom stereocenters. The van der Waals surface area contributed by atoms with Crippen LogP contribution in [0.15, 0.2) is 35.1 Å². The first-order valence-corrected chi connectivity index (χ1v) is 9.02. The molecule has 0 fully saturated rings. The zero-order valence-corrected chi connectivity index (χ0v) is 15.7. The first-order chi connectivity index (χ1) is 14.1. The molecule has 0 bridgehead atoms. The van der Waals surface area contributed by atoms with E-state index in [0.29, 0.717) is 45.0 Å². The van der Waals surface area contributed by atoms with E-state index in [4.69, 9.17) is 23.7 Å². The Balaban J connectivity index is 1.81. The Hall–Kier alpha value is -3.68. The second-order valence-corrected chi connectivity index (χ2v) is 6.74. The summed E-state index contributed by atoms with van der Waals surface area (Å²) in [6.07, 6.45) is -0.0203. The van der Waals surface area contributed by atoms with Gasteiger partial charge in [-0.2, -0.15) is 0 Å². The van der Waals surface area contributed by atoms with E-state index in [2.05, 4.69) is 4.98 Å². The average Bonchev–Trinajstić information content (AvgIpc) is 3.20. The number of carbonyl (C=O) groups is 1. The zero-order chi connectivity index (χ0) is 20.1. The van der Waals surface area contributed by atoms with Gasteiger partial charge < -0.3 is 28.7 Å². The van der Waals surface area contributed by atoms with Gasteiger partial charge in [-0.3, -0.25) is 9.59 Å². The van der Waals surface area contributed by atoms with E-state index in [9.17, 15) is 9.59 Å². The largest absolute Gasteiger partial charge is 0.492 e. The Morgan fingerprint density at radius 3 is 2.62 bits per heavy atom. The van der Waals surface area contributed by atoms with Crippen LogP contribution in [-0.2, 0) is 4.79 Å². The van der Waals surface area contributed by atoms with Gasteiger partial charge in [0.25, 0.3) is 5.56 Å². The van der Waals surface area contributed by atoms with Gasteiger partial charge in [0, 0.05) is 16.9 Å². The fraction of sp³-hybridized carbons (Fsp3) is 0.238. The number of hydrogen-bond acceptors (Lipinski definition) is 7. The summed E-state index contributed by atoms with van der Waals surface area (Å²) in [7, 11) is 2.99. The van der Waals surface area contributed by atoms with Crippen molar-refractivity contribution in [1.82, 2.24) is 4.98 Å². The first-order valence-electron chi connectivity index (χ1n) is 9.02. The molecular weight excluding hydrogens is 378 g/mol. The predicted molar refractivity (Wildman–Crippen MR) is 102 cm³/mol. The quantitative estimate of drug-likeness (QED) is 0.681. The van der Waals surface area contributed by atoms with Crippen LogP contribution >= 0.6 is 0 Å². The maximum Gasteiger partial charge on any atom is 0.312 e. The van der Waals surface area contributed by atoms with Gasteiger partial charge in [0.2, 0.25) is 18.3 Å². The van der Waals surface area contributed by atoms with Crippen molar-refractivity contribution in [3.05, 3.63) is 51.8 Å². The van der Waals surface area contributed by atoms with Crippen LogP contribution in [0.3, 0.4) is 0 Å². The lowest BCUT2D eigenvalue weighted by Gasteiger charge is -2.27. The first kappa shape index (κ1) is 17.4. The van der Waals surface area contributed by atoms with Crippen molar-refractivity contribution in [2.45, 2.75) is 12.3 Å². The van der Waals surface area contributed by atoms with Gasteiger partial charge in [-0.25, -0.2) is 0 Å². The number of aromatic nitrogens is 1. The van der Waals surface area contributed by atoms with Crippen LogP contribution in [0.1, 0.15) is 23.5 Å². The van der Waals surface area contributed by atoms with Crippen molar-refractivity contribution in [3.8, 4) is 28.7 Å². The summed E-state index contributed by atoms with van der Waals surface area (Å²) in [5.41, 5.74) is 1.23.